The largest absolute Gasteiger partial charge is 0.497 e. The van der Waals surface area contributed by atoms with Gasteiger partial charge in [0.2, 0.25) is 11.7 Å². The van der Waals surface area contributed by atoms with Crippen LogP contribution >= 0.6 is 12.4 Å². The summed E-state index contributed by atoms with van der Waals surface area (Å²) in [4.78, 5) is 6.94. The smallest absolute Gasteiger partial charge is 0.241 e. The summed E-state index contributed by atoms with van der Waals surface area (Å²) in [6.07, 6.45) is 5.23. The van der Waals surface area contributed by atoms with Crippen molar-refractivity contribution in [3.8, 4) is 17.1 Å². The lowest BCUT2D eigenvalue weighted by atomic mass is 10.0. The van der Waals surface area contributed by atoms with Crippen molar-refractivity contribution in [2.75, 3.05) is 26.7 Å². The quantitative estimate of drug-likeness (QED) is 0.798. The summed E-state index contributed by atoms with van der Waals surface area (Å²) in [5.74, 6) is 3.10. The van der Waals surface area contributed by atoms with E-state index in [1.165, 1.54) is 32.2 Å². The molecular formula is C19H27ClN4O2. The number of hydrogen-bond donors (Lipinski definition) is 1. The second kappa shape index (κ2) is 8.84. The van der Waals surface area contributed by atoms with Crippen LogP contribution in [0.2, 0.25) is 0 Å². The average Bonchev–Trinajstić information content (AvgIpc) is 3.38. The minimum absolute atomic E-state index is 0. The van der Waals surface area contributed by atoms with Crippen molar-refractivity contribution in [2.24, 2.45) is 5.92 Å². The van der Waals surface area contributed by atoms with Gasteiger partial charge >= 0.3 is 0 Å². The Kier molecular flexibility index (Phi) is 6.51. The summed E-state index contributed by atoms with van der Waals surface area (Å²) < 4.78 is 10.6. The van der Waals surface area contributed by atoms with Crippen LogP contribution in [0.4, 0.5) is 0 Å². The lowest BCUT2D eigenvalue weighted by Crippen LogP contribution is -2.42. The molecule has 2 heterocycles. The molecule has 1 aromatic heterocycles. The Morgan fingerprint density at radius 3 is 2.54 bits per heavy atom. The van der Waals surface area contributed by atoms with Gasteiger partial charge in [-0.05, 0) is 62.4 Å². The molecule has 7 heteroatoms. The van der Waals surface area contributed by atoms with Crippen molar-refractivity contribution in [1.82, 2.24) is 20.4 Å². The molecule has 6 nitrogen and oxygen atoms in total. The van der Waals surface area contributed by atoms with Crippen LogP contribution in [0, 0.1) is 5.92 Å². The molecule has 0 spiro atoms. The van der Waals surface area contributed by atoms with E-state index in [2.05, 4.69) is 20.4 Å². The maximum atomic E-state index is 5.44. The molecule has 1 N–H and O–H groups in total. The SMILES string of the molecule is COc1ccc(-c2noc(CN3CCC(NCC4CC4)CC3)n2)cc1.Cl. The van der Waals surface area contributed by atoms with Gasteiger partial charge in [0.15, 0.2) is 0 Å². The number of benzene rings is 1. The molecule has 0 unspecified atom stereocenters. The number of ether oxygens (including phenoxy) is 1. The van der Waals surface area contributed by atoms with Crippen molar-refractivity contribution < 1.29 is 9.26 Å². The predicted molar refractivity (Wildman–Crippen MR) is 103 cm³/mol. The summed E-state index contributed by atoms with van der Waals surface area (Å²) >= 11 is 0. The first-order valence-electron chi connectivity index (χ1n) is 9.23. The van der Waals surface area contributed by atoms with Crippen LogP contribution < -0.4 is 10.1 Å². The third-order valence-corrected chi connectivity index (χ3v) is 5.15. The Morgan fingerprint density at radius 1 is 1.15 bits per heavy atom. The molecule has 4 rings (SSSR count). The molecule has 0 radical (unpaired) electrons. The van der Waals surface area contributed by atoms with Gasteiger partial charge in [0.05, 0.1) is 13.7 Å². The zero-order chi connectivity index (χ0) is 17.1. The topological polar surface area (TPSA) is 63.4 Å². The molecule has 2 fully saturated rings. The van der Waals surface area contributed by atoms with E-state index in [1.54, 1.807) is 7.11 Å². The van der Waals surface area contributed by atoms with E-state index in [9.17, 15) is 0 Å². The molecule has 1 saturated carbocycles. The first-order chi connectivity index (χ1) is 12.3. The van der Waals surface area contributed by atoms with E-state index in [0.717, 1.165) is 36.9 Å². The second-order valence-electron chi connectivity index (χ2n) is 7.14. The first-order valence-corrected chi connectivity index (χ1v) is 9.23. The van der Waals surface area contributed by atoms with Crippen LogP contribution in [0.25, 0.3) is 11.4 Å². The molecule has 1 aliphatic carbocycles. The van der Waals surface area contributed by atoms with Gasteiger partial charge in [-0.1, -0.05) is 5.16 Å². The summed E-state index contributed by atoms with van der Waals surface area (Å²) in [5, 5.41) is 7.83. The third-order valence-electron chi connectivity index (χ3n) is 5.15. The summed E-state index contributed by atoms with van der Waals surface area (Å²) in [7, 11) is 1.66. The number of hydrogen-bond acceptors (Lipinski definition) is 6. The molecule has 142 valence electrons. The van der Waals surface area contributed by atoms with Crippen molar-refractivity contribution in [3.05, 3.63) is 30.2 Å². The minimum Gasteiger partial charge on any atom is -0.497 e. The lowest BCUT2D eigenvalue weighted by molar-refractivity contribution is 0.170. The van der Waals surface area contributed by atoms with Crippen molar-refractivity contribution in [2.45, 2.75) is 38.3 Å². The van der Waals surface area contributed by atoms with Crippen molar-refractivity contribution in [1.29, 1.82) is 0 Å². The second-order valence-corrected chi connectivity index (χ2v) is 7.14. The molecular weight excluding hydrogens is 352 g/mol. The van der Waals surface area contributed by atoms with Gasteiger partial charge in [-0.15, -0.1) is 12.4 Å². The van der Waals surface area contributed by atoms with Gasteiger partial charge in [0.25, 0.3) is 0 Å². The van der Waals surface area contributed by atoms with E-state index in [1.807, 2.05) is 24.3 Å². The van der Waals surface area contributed by atoms with Crippen LogP contribution in [0.5, 0.6) is 5.75 Å². The Balaban J connectivity index is 0.00000196. The average molecular weight is 379 g/mol. The highest BCUT2D eigenvalue weighted by molar-refractivity contribution is 5.85. The van der Waals surface area contributed by atoms with Gasteiger partial charge in [-0.3, -0.25) is 4.90 Å². The van der Waals surface area contributed by atoms with Crippen molar-refractivity contribution >= 4 is 12.4 Å². The zero-order valence-corrected chi connectivity index (χ0v) is 16.0. The van der Waals surface area contributed by atoms with Crippen LogP contribution in [0.3, 0.4) is 0 Å². The number of halogens is 1. The number of aromatic nitrogens is 2. The monoisotopic (exact) mass is 378 g/mol. The number of nitrogens with zero attached hydrogens (tertiary/aromatic N) is 3. The highest BCUT2D eigenvalue weighted by Gasteiger charge is 2.25. The molecule has 0 atom stereocenters. The molecule has 1 aliphatic heterocycles. The number of nitrogens with one attached hydrogen (secondary N) is 1. The number of piperidine rings is 1. The predicted octanol–water partition coefficient (Wildman–Crippen LogP) is 3.13. The fourth-order valence-corrected chi connectivity index (χ4v) is 3.32. The van der Waals surface area contributed by atoms with Gasteiger partial charge in [0, 0.05) is 24.7 Å². The summed E-state index contributed by atoms with van der Waals surface area (Å²) in [6, 6.07) is 8.39. The van der Waals surface area contributed by atoms with Crippen LogP contribution in [-0.4, -0.2) is 47.8 Å². The Labute approximate surface area is 160 Å². The molecule has 2 aliphatic rings. The highest BCUT2D eigenvalue weighted by Crippen LogP contribution is 2.28. The zero-order valence-electron chi connectivity index (χ0n) is 15.2. The van der Waals surface area contributed by atoms with E-state index in [4.69, 9.17) is 9.26 Å². The molecule has 0 amide bonds. The fraction of sp³-hybridized carbons (Fsp3) is 0.579. The number of methoxy groups -OCH3 is 1. The maximum absolute atomic E-state index is 5.44. The molecule has 2 aromatic rings. The van der Waals surface area contributed by atoms with Crippen molar-refractivity contribution in [3.63, 3.8) is 0 Å². The number of rotatable bonds is 7. The first kappa shape index (κ1) is 19.1. The molecule has 1 saturated heterocycles. The molecule has 0 bridgehead atoms. The van der Waals surface area contributed by atoms with E-state index >= 15 is 0 Å². The third kappa shape index (κ3) is 4.96. The lowest BCUT2D eigenvalue weighted by Gasteiger charge is -2.31. The van der Waals surface area contributed by atoms with Gasteiger partial charge in [-0.2, -0.15) is 4.98 Å². The minimum atomic E-state index is 0. The number of likely N-dealkylation sites (tertiary alicyclic amines) is 1. The molecule has 1 aromatic carbocycles. The normalized spacial score (nSPS) is 18.5. The Bertz CT molecular complexity index is 679. The standard InChI is InChI=1S/C19H26N4O2.ClH/c1-24-17-6-4-15(5-7-17)19-21-18(25-22-19)13-23-10-8-16(9-11-23)20-12-14-2-3-14;/h4-7,14,16,20H,2-3,8-13H2,1H3;1H. The highest BCUT2D eigenvalue weighted by atomic mass is 35.5. The Hall–Kier alpha value is -1.63. The van der Waals surface area contributed by atoms with Crippen LogP contribution in [0.15, 0.2) is 28.8 Å². The van der Waals surface area contributed by atoms with Crippen LogP contribution in [-0.2, 0) is 6.54 Å². The molecule has 26 heavy (non-hydrogen) atoms. The summed E-state index contributed by atoms with van der Waals surface area (Å²) in [5.41, 5.74) is 0.943. The fourth-order valence-electron chi connectivity index (χ4n) is 3.32. The summed E-state index contributed by atoms with van der Waals surface area (Å²) in [6.45, 7) is 4.11. The van der Waals surface area contributed by atoms with E-state index in [0.29, 0.717) is 17.8 Å². The Morgan fingerprint density at radius 2 is 1.88 bits per heavy atom. The van der Waals surface area contributed by atoms with Gasteiger partial charge in [-0.25, -0.2) is 0 Å². The maximum Gasteiger partial charge on any atom is 0.241 e. The van der Waals surface area contributed by atoms with E-state index in [-0.39, 0.29) is 12.4 Å². The van der Waals surface area contributed by atoms with E-state index < -0.39 is 0 Å². The van der Waals surface area contributed by atoms with Gasteiger partial charge in [0.1, 0.15) is 5.75 Å². The van der Waals surface area contributed by atoms with Crippen LogP contribution in [0.1, 0.15) is 31.6 Å². The van der Waals surface area contributed by atoms with Gasteiger partial charge < -0.3 is 14.6 Å².